The number of hydrogen-bond donors (Lipinski definition) is 1. The van der Waals surface area contributed by atoms with Crippen molar-refractivity contribution in [2.24, 2.45) is 41.2 Å². The summed E-state index contributed by atoms with van der Waals surface area (Å²) in [5.74, 6) is 4.08. The summed E-state index contributed by atoms with van der Waals surface area (Å²) in [4.78, 5) is 0. The van der Waals surface area contributed by atoms with Gasteiger partial charge in [-0.1, -0.05) is 15.9 Å². The van der Waals surface area contributed by atoms with E-state index in [4.69, 9.17) is 15.2 Å². The van der Waals surface area contributed by atoms with Crippen molar-refractivity contribution >= 4 is 15.9 Å². The van der Waals surface area contributed by atoms with E-state index in [1.165, 1.54) is 0 Å². The third-order valence-corrected chi connectivity index (χ3v) is 8.02. The third kappa shape index (κ3) is 0.397. The maximum atomic E-state index is 6.54. The Bertz CT molecular complexity index is 436. The molecular weight excluding hydrogens is 258 g/mol. The lowest BCUT2D eigenvalue weighted by molar-refractivity contribution is -0.191. The summed E-state index contributed by atoms with van der Waals surface area (Å²) in [6, 6.07) is 0. The van der Waals surface area contributed by atoms with Crippen molar-refractivity contribution < 1.29 is 9.47 Å². The lowest BCUT2D eigenvalue weighted by Crippen LogP contribution is -2.51. The summed E-state index contributed by atoms with van der Waals surface area (Å²) in [5, 5.41) is 0. The second kappa shape index (κ2) is 1.57. The summed E-state index contributed by atoms with van der Waals surface area (Å²) in [6.07, 6.45) is 0. The molecule has 80 valence electrons. The van der Waals surface area contributed by atoms with Gasteiger partial charge >= 0.3 is 0 Å². The van der Waals surface area contributed by atoms with E-state index in [9.17, 15) is 0 Å². The van der Waals surface area contributed by atoms with Gasteiger partial charge in [0.2, 0.25) is 0 Å². The Morgan fingerprint density at radius 2 is 1.80 bits per heavy atom. The highest BCUT2D eigenvalue weighted by molar-refractivity contribution is 9.10. The van der Waals surface area contributed by atoms with Crippen molar-refractivity contribution in [2.75, 3.05) is 13.2 Å². The van der Waals surface area contributed by atoms with Gasteiger partial charge in [-0.25, -0.2) is 0 Å². The van der Waals surface area contributed by atoms with Crippen molar-refractivity contribution in [1.82, 2.24) is 0 Å². The van der Waals surface area contributed by atoms with E-state index in [1.807, 2.05) is 0 Å². The maximum Gasteiger partial charge on any atom is 0.187 e. The van der Waals surface area contributed by atoms with Crippen molar-refractivity contribution in [3.05, 3.63) is 0 Å². The van der Waals surface area contributed by atoms with Gasteiger partial charge in [-0.2, -0.15) is 0 Å². The molecule has 1 aliphatic heterocycles. The molecule has 1 saturated heterocycles. The van der Waals surface area contributed by atoms with E-state index in [1.54, 1.807) is 0 Å². The van der Waals surface area contributed by atoms with Gasteiger partial charge in [0.05, 0.1) is 17.5 Å². The standard InChI is InChI=1S/C11H12BrNO2/c12-10-5-3-4(5)9(13)7(8(9)10)6(3)11(10)14-1-2-15-11/h3-8H,1-2,13H2/t3-,4+,5+,6-,7+,8+,9+,10-/m0/s1. The topological polar surface area (TPSA) is 44.5 Å². The summed E-state index contributed by atoms with van der Waals surface area (Å²) < 4.78 is 12.1. The minimum Gasteiger partial charge on any atom is -0.346 e. The number of rotatable bonds is 0. The summed E-state index contributed by atoms with van der Waals surface area (Å²) in [7, 11) is 0. The van der Waals surface area contributed by atoms with Crippen LogP contribution in [0.15, 0.2) is 0 Å². The monoisotopic (exact) mass is 269 g/mol. The predicted molar refractivity (Wildman–Crippen MR) is 54.2 cm³/mol. The highest BCUT2D eigenvalue weighted by Gasteiger charge is 3.08. The van der Waals surface area contributed by atoms with Gasteiger partial charge in [-0.15, -0.1) is 0 Å². The van der Waals surface area contributed by atoms with E-state index in [2.05, 4.69) is 15.9 Å². The van der Waals surface area contributed by atoms with E-state index in [0.717, 1.165) is 31.0 Å². The largest absolute Gasteiger partial charge is 0.346 e. The number of ether oxygens (including phenoxy) is 2. The quantitative estimate of drug-likeness (QED) is 0.645. The molecule has 0 aromatic rings. The first-order chi connectivity index (χ1) is 7.19. The van der Waals surface area contributed by atoms with Crippen LogP contribution in [0.4, 0.5) is 0 Å². The molecule has 0 aromatic carbocycles. The lowest BCUT2D eigenvalue weighted by Gasteiger charge is -2.37. The Kier molecular flexibility index (Phi) is 0.802. The van der Waals surface area contributed by atoms with E-state index in [-0.39, 0.29) is 15.7 Å². The smallest absolute Gasteiger partial charge is 0.187 e. The number of alkyl halides is 1. The third-order valence-electron chi connectivity index (χ3n) is 6.45. The molecule has 6 aliphatic carbocycles. The maximum absolute atomic E-state index is 6.54. The first kappa shape index (κ1) is 7.64. The molecule has 0 aromatic heterocycles. The van der Waals surface area contributed by atoms with Gasteiger partial charge in [0.25, 0.3) is 0 Å². The molecule has 0 unspecified atom stereocenters. The molecule has 4 heteroatoms. The van der Waals surface area contributed by atoms with Crippen molar-refractivity contribution in [3.63, 3.8) is 0 Å². The van der Waals surface area contributed by atoms with E-state index < -0.39 is 0 Å². The minimum absolute atomic E-state index is 0.0932. The average Bonchev–Trinajstić information content (AvgIpc) is 2.86. The second-order valence-electron chi connectivity index (χ2n) is 6.29. The Labute approximate surface area is 95.8 Å². The zero-order valence-corrected chi connectivity index (χ0v) is 9.74. The van der Waals surface area contributed by atoms with Crippen LogP contribution < -0.4 is 5.73 Å². The van der Waals surface area contributed by atoms with Gasteiger partial charge in [0.15, 0.2) is 5.79 Å². The van der Waals surface area contributed by atoms with Crippen molar-refractivity contribution in [1.29, 1.82) is 0 Å². The van der Waals surface area contributed by atoms with Crippen LogP contribution in [0, 0.1) is 35.5 Å². The molecule has 7 fully saturated rings. The zero-order chi connectivity index (χ0) is 9.79. The van der Waals surface area contributed by atoms with Crippen LogP contribution in [0.2, 0.25) is 0 Å². The highest BCUT2D eigenvalue weighted by atomic mass is 79.9. The molecular formula is C11H12BrNO2. The van der Waals surface area contributed by atoms with Crippen LogP contribution in [-0.2, 0) is 9.47 Å². The normalized spacial score (nSPS) is 82.0. The zero-order valence-electron chi connectivity index (χ0n) is 8.15. The molecule has 2 N–H and O–H groups in total. The molecule has 1 heterocycles. The van der Waals surface area contributed by atoms with Gasteiger partial charge in [0.1, 0.15) is 0 Å². The van der Waals surface area contributed by atoms with Gasteiger partial charge in [-0.05, 0) is 23.7 Å². The molecule has 8 atom stereocenters. The summed E-state index contributed by atoms with van der Waals surface area (Å²) in [6.45, 7) is 1.54. The molecule has 0 radical (unpaired) electrons. The Morgan fingerprint density at radius 1 is 1.07 bits per heavy atom. The van der Waals surface area contributed by atoms with Crippen LogP contribution in [0.5, 0.6) is 0 Å². The van der Waals surface area contributed by atoms with Crippen LogP contribution >= 0.6 is 15.9 Å². The first-order valence-electron chi connectivity index (χ1n) is 5.95. The van der Waals surface area contributed by atoms with Crippen molar-refractivity contribution in [2.45, 2.75) is 15.7 Å². The fourth-order valence-electron chi connectivity index (χ4n) is 6.48. The Balaban J connectivity index is 1.68. The molecule has 2 bridgehead atoms. The molecule has 6 saturated carbocycles. The number of hydrogen-bond acceptors (Lipinski definition) is 3. The van der Waals surface area contributed by atoms with Crippen LogP contribution in [-0.4, -0.2) is 28.9 Å². The van der Waals surface area contributed by atoms with Crippen molar-refractivity contribution in [3.8, 4) is 0 Å². The Hall–Kier alpha value is 0.360. The molecule has 7 aliphatic rings. The molecule has 7 rings (SSSR count). The van der Waals surface area contributed by atoms with Crippen LogP contribution in [0.1, 0.15) is 0 Å². The molecule has 1 spiro atoms. The fourth-order valence-corrected chi connectivity index (χ4v) is 8.24. The number of halogens is 1. The Morgan fingerprint density at radius 3 is 2.20 bits per heavy atom. The first-order valence-corrected chi connectivity index (χ1v) is 6.74. The van der Waals surface area contributed by atoms with Gasteiger partial charge in [0, 0.05) is 17.4 Å². The highest BCUT2D eigenvalue weighted by Crippen LogP contribution is 3.00. The molecule has 15 heavy (non-hydrogen) atoms. The van der Waals surface area contributed by atoms with Gasteiger partial charge in [-0.3, -0.25) is 0 Å². The fraction of sp³-hybridized carbons (Fsp3) is 1.00. The average molecular weight is 270 g/mol. The van der Waals surface area contributed by atoms with Crippen LogP contribution in [0.25, 0.3) is 0 Å². The second-order valence-corrected chi connectivity index (χ2v) is 7.60. The van der Waals surface area contributed by atoms with E-state index >= 15 is 0 Å². The summed E-state index contributed by atoms with van der Waals surface area (Å²) >= 11 is 4.01. The minimum atomic E-state index is -0.270. The molecule has 3 nitrogen and oxygen atoms in total. The predicted octanol–water partition coefficient (Wildman–Crippen LogP) is 0.326. The summed E-state index contributed by atoms with van der Waals surface area (Å²) in [5.41, 5.74) is 6.72. The van der Waals surface area contributed by atoms with Crippen LogP contribution in [0.3, 0.4) is 0 Å². The van der Waals surface area contributed by atoms with Gasteiger partial charge < -0.3 is 15.2 Å². The number of nitrogens with two attached hydrogens (primary N) is 1. The molecule has 0 amide bonds. The lowest BCUT2D eigenvalue weighted by atomic mass is 9.97. The SMILES string of the molecule is N[C@]12[C@@H]3[C@@H]4[C@H]5[C@@H]1[C@H]2[C@@](Br)([C@H]43)C51OCCO1. The van der Waals surface area contributed by atoms with E-state index in [0.29, 0.717) is 17.8 Å².